The van der Waals surface area contributed by atoms with Crippen LogP contribution in [0.15, 0.2) is 6.20 Å². The maximum atomic E-state index is 12.7. The van der Waals surface area contributed by atoms with Crippen molar-refractivity contribution in [2.45, 2.75) is 25.8 Å². The number of nitrogens with two attached hydrogens (primary N) is 1. The van der Waals surface area contributed by atoms with Crippen LogP contribution in [0.2, 0.25) is 0 Å². The number of halogens is 5. The Labute approximate surface area is 104 Å². The Morgan fingerprint density at radius 2 is 2.05 bits per heavy atom. The van der Waals surface area contributed by atoms with Gasteiger partial charge in [-0.25, -0.2) is 8.78 Å². The summed E-state index contributed by atoms with van der Waals surface area (Å²) >= 11 is 0. The third-order valence-corrected chi connectivity index (χ3v) is 2.15. The van der Waals surface area contributed by atoms with Crippen LogP contribution in [-0.4, -0.2) is 11.3 Å². The van der Waals surface area contributed by atoms with E-state index in [4.69, 9.17) is 11.0 Å². The minimum Gasteiger partial charge on any atom is -0.405 e. The lowest BCUT2D eigenvalue weighted by Crippen LogP contribution is -2.21. The molecule has 0 unspecified atom stereocenters. The Balaban J connectivity index is 3.45. The predicted octanol–water partition coefficient (Wildman–Crippen LogP) is 2.44. The Morgan fingerprint density at radius 3 is 2.47 bits per heavy atom. The predicted molar refractivity (Wildman–Crippen MR) is 53.1 cm³/mol. The smallest absolute Gasteiger partial charge is 0.405 e. The van der Waals surface area contributed by atoms with Crippen molar-refractivity contribution in [3.63, 3.8) is 0 Å². The molecule has 0 aliphatic heterocycles. The Bertz CT molecular complexity index is 495. The molecule has 0 aliphatic carbocycles. The highest BCUT2D eigenvalue weighted by atomic mass is 19.4. The van der Waals surface area contributed by atoms with Crippen LogP contribution in [-0.2, 0) is 13.0 Å². The summed E-state index contributed by atoms with van der Waals surface area (Å²) in [7, 11) is 0. The van der Waals surface area contributed by atoms with E-state index in [9.17, 15) is 22.0 Å². The van der Waals surface area contributed by atoms with Crippen LogP contribution in [0.3, 0.4) is 0 Å². The highest BCUT2D eigenvalue weighted by molar-refractivity contribution is 5.45. The number of hydrogen-bond acceptors (Lipinski definition) is 4. The normalized spacial score (nSPS) is 11.5. The van der Waals surface area contributed by atoms with Crippen molar-refractivity contribution in [2.75, 3.05) is 0 Å². The first-order chi connectivity index (χ1) is 8.80. The van der Waals surface area contributed by atoms with Gasteiger partial charge in [-0.15, -0.1) is 13.2 Å². The van der Waals surface area contributed by atoms with E-state index in [1.807, 2.05) is 0 Å². The maximum Gasteiger partial charge on any atom is 0.573 e. The van der Waals surface area contributed by atoms with E-state index in [0.29, 0.717) is 6.20 Å². The summed E-state index contributed by atoms with van der Waals surface area (Å²) in [6.07, 6.45) is -8.37. The van der Waals surface area contributed by atoms with Gasteiger partial charge in [0.15, 0.2) is 0 Å². The van der Waals surface area contributed by atoms with Gasteiger partial charge in [-0.2, -0.15) is 5.26 Å². The molecule has 1 heterocycles. The fourth-order valence-corrected chi connectivity index (χ4v) is 1.42. The van der Waals surface area contributed by atoms with Crippen molar-refractivity contribution >= 4 is 0 Å². The van der Waals surface area contributed by atoms with Crippen LogP contribution in [0.4, 0.5) is 22.0 Å². The summed E-state index contributed by atoms with van der Waals surface area (Å²) in [4.78, 5) is 3.52. The van der Waals surface area contributed by atoms with E-state index in [0.717, 1.165) is 0 Å². The number of nitrogens with zero attached hydrogens (tertiary/aromatic N) is 2. The summed E-state index contributed by atoms with van der Waals surface area (Å²) in [6, 6.07) is 1.56. The molecule has 0 bridgehead atoms. The fraction of sp³-hybridized carbons (Fsp3) is 0.400. The molecule has 1 aromatic heterocycles. The van der Waals surface area contributed by atoms with Gasteiger partial charge in [0.25, 0.3) is 6.43 Å². The maximum absolute atomic E-state index is 12.7. The molecular weight excluding hydrogens is 273 g/mol. The quantitative estimate of drug-likeness (QED) is 0.860. The van der Waals surface area contributed by atoms with E-state index >= 15 is 0 Å². The van der Waals surface area contributed by atoms with E-state index in [2.05, 4.69) is 9.72 Å². The monoisotopic (exact) mass is 281 g/mol. The van der Waals surface area contributed by atoms with Crippen molar-refractivity contribution in [2.24, 2.45) is 5.73 Å². The molecule has 0 fully saturated rings. The van der Waals surface area contributed by atoms with Gasteiger partial charge in [0.1, 0.15) is 5.75 Å². The fourth-order valence-electron chi connectivity index (χ4n) is 1.42. The number of alkyl halides is 5. The molecule has 0 radical (unpaired) electrons. The number of aromatic nitrogens is 1. The van der Waals surface area contributed by atoms with E-state index in [1.165, 1.54) is 0 Å². The van der Waals surface area contributed by atoms with Gasteiger partial charge in [-0.3, -0.25) is 4.98 Å². The van der Waals surface area contributed by atoms with Crippen LogP contribution < -0.4 is 10.5 Å². The van der Waals surface area contributed by atoms with Crippen LogP contribution >= 0.6 is 0 Å². The lowest BCUT2D eigenvalue weighted by Gasteiger charge is -2.17. The average Bonchev–Trinajstić information content (AvgIpc) is 2.29. The minimum absolute atomic E-state index is 0.0924. The molecule has 4 nitrogen and oxygen atoms in total. The van der Waals surface area contributed by atoms with Crippen molar-refractivity contribution in [3.05, 3.63) is 23.0 Å². The number of hydrogen-bond donors (Lipinski definition) is 1. The largest absolute Gasteiger partial charge is 0.573 e. The number of nitriles is 1. The van der Waals surface area contributed by atoms with Gasteiger partial charge in [0.2, 0.25) is 0 Å². The molecule has 0 spiro atoms. The Kier molecular flexibility index (Phi) is 4.61. The molecule has 9 heteroatoms. The number of pyridine rings is 1. The summed E-state index contributed by atoms with van der Waals surface area (Å²) in [5.41, 5.74) is 3.75. The average molecular weight is 281 g/mol. The summed E-state index contributed by atoms with van der Waals surface area (Å²) in [5.74, 6) is -1.10. The first-order valence-corrected chi connectivity index (χ1v) is 4.91. The van der Waals surface area contributed by atoms with E-state index in [-0.39, 0.29) is 17.8 Å². The SMILES string of the molecule is N#CCc1c(CN)ncc(C(F)F)c1OC(F)(F)F. The Hall–Kier alpha value is -1.95. The first-order valence-electron chi connectivity index (χ1n) is 4.91. The van der Waals surface area contributed by atoms with E-state index in [1.54, 1.807) is 6.07 Å². The highest BCUT2D eigenvalue weighted by Crippen LogP contribution is 2.36. The molecule has 0 saturated heterocycles. The molecule has 0 saturated carbocycles. The third kappa shape index (κ3) is 3.75. The second kappa shape index (κ2) is 5.79. The molecule has 0 aliphatic rings. The molecule has 19 heavy (non-hydrogen) atoms. The molecule has 1 aromatic rings. The molecule has 0 aromatic carbocycles. The number of ether oxygens (including phenoxy) is 1. The van der Waals surface area contributed by atoms with Gasteiger partial charge in [-0.1, -0.05) is 0 Å². The van der Waals surface area contributed by atoms with Gasteiger partial charge in [-0.05, 0) is 0 Å². The molecular formula is C10H8F5N3O. The summed E-state index contributed by atoms with van der Waals surface area (Å²) < 4.78 is 65.6. The van der Waals surface area contributed by atoms with Crippen molar-refractivity contribution in [3.8, 4) is 11.8 Å². The zero-order valence-electron chi connectivity index (χ0n) is 9.34. The molecule has 0 amide bonds. The van der Waals surface area contributed by atoms with Gasteiger partial charge >= 0.3 is 6.36 Å². The zero-order valence-corrected chi connectivity index (χ0v) is 9.34. The van der Waals surface area contributed by atoms with Crippen LogP contribution in [0, 0.1) is 11.3 Å². The van der Waals surface area contributed by atoms with Gasteiger partial charge in [0, 0.05) is 18.3 Å². The molecule has 0 atom stereocenters. The standard InChI is InChI=1S/C10H8F5N3O/c11-9(12)6-4-18-7(3-17)5(1-2-16)8(6)19-10(13,14)15/h4,9H,1,3,17H2. The zero-order chi connectivity index (χ0) is 14.6. The highest BCUT2D eigenvalue weighted by Gasteiger charge is 2.35. The summed E-state index contributed by atoms with van der Waals surface area (Å²) in [5, 5.41) is 8.55. The lowest BCUT2D eigenvalue weighted by molar-refractivity contribution is -0.275. The van der Waals surface area contributed by atoms with Crippen LogP contribution in [0.1, 0.15) is 23.2 Å². The second-order valence-corrected chi connectivity index (χ2v) is 3.36. The third-order valence-electron chi connectivity index (χ3n) is 2.15. The van der Waals surface area contributed by atoms with Crippen molar-refractivity contribution in [1.82, 2.24) is 4.98 Å². The lowest BCUT2D eigenvalue weighted by atomic mass is 10.1. The van der Waals surface area contributed by atoms with Crippen molar-refractivity contribution < 1.29 is 26.7 Å². The summed E-state index contributed by atoms with van der Waals surface area (Å²) in [6.45, 7) is -0.297. The minimum atomic E-state index is -5.15. The van der Waals surface area contributed by atoms with Gasteiger partial charge in [0.05, 0.1) is 23.7 Å². The first kappa shape index (κ1) is 15.1. The van der Waals surface area contributed by atoms with Gasteiger partial charge < -0.3 is 10.5 Å². The number of rotatable bonds is 4. The van der Waals surface area contributed by atoms with Crippen LogP contribution in [0.5, 0.6) is 5.75 Å². The molecule has 104 valence electrons. The van der Waals surface area contributed by atoms with Crippen molar-refractivity contribution in [1.29, 1.82) is 5.26 Å². The van der Waals surface area contributed by atoms with E-state index < -0.39 is 30.5 Å². The molecule has 2 N–H and O–H groups in total. The van der Waals surface area contributed by atoms with Crippen LogP contribution in [0.25, 0.3) is 0 Å². The Morgan fingerprint density at radius 1 is 1.42 bits per heavy atom. The molecule has 1 rings (SSSR count). The topological polar surface area (TPSA) is 71.9 Å². The second-order valence-electron chi connectivity index (χ2n) is 3.36.